The molecule has 2 aromatic carbocycles. The first-order valence-corrected chi connectivity index (χ1v) is 10.9. The topological polar surface area (TPSA) is 96.7 Å². The van der Waals surface area contributed by atoms with Crippen LogP contribution in [0.25, 0.3) is 0 Å². The first-order valence-electron chi connectivity index (χ1n) is 8.28. The van der Waals surface area contributed by atoms with Gasteiger partial charge >= 0.3 is 0 Å². The van der Waals surface area contributed by atoms with Crippen LogP contribution in [0, 0.1) is 0 Å². The summed E-state index contributed by atoms with van der Waals surface area (Å²) in [5, 5.41) is 6.85. The van der Waals surface area contributed by atoms with Crippen molar-refractivity contribution in [3.8, 4) is 0 Å². The van der Waals surface area contributed by atoms with Gasteiger partial charge in [-0.25, -0.2) is 8.42 Å². The minimum absolute atomic E-state index is 0.218. The Morgan fingerprint density at radius 2 is 1.57 bits per heavy atom. The molecule has 4 N–H and O–H groups in total. The number of nitrogens with two attached hydrogens (primary N) is 1. The molecule has 0 radical (unpaired) electrons. The lowest BCUT2D eigenvalue weighted by molar-refractivity contribution is 0.0730. The molecule has 1 fully saturated rings. The summed E-state index contributed by atoms with van der Waals surface area (Å²) in [6, 6.07) is 9.57. The van der Waals surface area contributed by atoms with E-state index < -0.39 is 10.0 Å². The largest absolute Gasteiger partial charge is 0.396 e. The summed E-state index contributed by atoms with van der Waals surface area (Å²) >= 11 is 17.3. The van der Waals surface area contributed by atoms with Crippen LogP contribution in [0.1, 0.15) is 0 Å². The third-order valence-corrected chi connectivity index (χ3v) is 6.80. The van der Waals surface area contributed by atoms with Crippen LogP contribution in [0.3, 0.4) is 0 Å². The molecule has 1 aliphatic heterocycles. The van der Waals surface area contributed by atoms with Crippen molar-refractivity contribution >= 4 is 67.6 Å². The highest BCUT2D eigenvalue weighted by Gasteiger charge is 2.26. The third kappa shape index (κ3) is 4.86. The van der Waals surface area contributed by atoms with Crippen LogP contribution in [0.15, 0.2) is 41.3 Å². The van der Waals surface area contributed by atoms with Crippen LogP contribution in [0.5, 0.6) is 0 Å². The number of benzene rings is 2. The van der Waals surface area contributed by atoms with Crippen LogP contribution in [-0.4, -0.2) is 44.1 Å². The molecule has 2 aromatic rings. The van der Waals surface area contributed by atoms with Crippen LogP contribution in [0.2, 0.25) is 10.0 Å². The molecule has 28 heavy (non-hydrogen) atoms. The predicted molar refractivity (Wildman–Crippen MR) is 117 cm³/mol. The van der Waals surface area contributed by atoms with E-state index in [0.29, 0.717) is 58.5 Å². The van der Waals surface area contributed by atoms with Crippen molar-refractivity contribution in [2.75, 3.05) is 42.7 Å². The maximum atomic E-state index is 12.6. The molecule has 0 bridgehead atoms. The Morgan fingerprint density at radius 1 is 1.04 bits per heavy atom. The molecule has 1 heterocycles. The molecular weight excluding hydrogens is 443 g/mol. The lowest BCUT2D eigenvalue weighted by atomic mass is 10.3. The first kappa shape index (κ1) is 21.1. The van der Waals surface area contributed by atoms with Gasteiger partial charge in [-0.15, -0.1) is 0 Å². The van der Waals surface area contributed by atoms with E-state index in [-0.39, 0.29) is 4.90 Å². The highest BCUT2D eigenvalue weighted by molar-refractivity contribution is 7.89. The normalized spacial score (nSPS) is 15.2. The van der Waals surface area contributed by atoms with E-state index in [1.807, 2.05) is 0 Å². The molecule has 0 atom stereocenters. The molecule has 150 valence electrons. The second-order valence-electron chi connectivity index (χ2n) is 5.97. The van der Waals surface area contributed by atoms with Crippen molar-refractivity contribution in [1.82, 2.24) is 4.31 Å². The predicted octanol–water partition coefficient (Wildman–Crippen LogP) is 3.41. The van der Waals surface area contributed by atoms with E-state index in [1.165, 1.54) is 16.4 Å². The summed E-state index contributed by atoms with van der Waals surface area (Å²) in [5.41, 5.74) is 7.21. The highest BCUT2D eigenvalue weighted by atomic mass is 35.5. The van der Waals surface area contributed by atoms with Crippen LogP contribution in [-0.2, 0) is 14.8 Å². The highest BCUT2D eigenvalue weighted by Crippen LogP contribution is 2.31. The summed E-state index contributed by atoms with van der Waals surface area (Å²) in [6.45, 7) is 1.50. The molecule has 0 unspecified atom stereocenters. The standard InChI is InChI=1S/C17H18Cl2N4O3S2/c18-14-9-12(10-15(19)16(14)20)22-17(27)21-11-1-3-13(4-2-11)28(24,25)23-5-7-26-8-6-23/h1-4,9-10H,5-8,20H2,(H2,21,22,27). The number of rotatable bonds is 4. The second-order valence-corrected chi connectivity index (χ2v) is 9.13. The summed E-state index contributed by atoms with van der Waals surface area (Å²) in [6.07, 6.45) is 0. The summed E-state index contributed by atoms with van der Waals surface area (Å²) < 4.78 is 31.9. The monoisotopic (exact) mass is 460 g/mol. The van der Waals surface area contributed by atoms with Gasteiger partial charge in [0.2, 0.25) is 10.0 Å². The number of hydrogen-bond donors (Lipinski definition) is 3. The van der Waals surface area contributed by atoms with Gasteiger partial charge in [-0.3, -0.25) is 0 Å². The van der Waals surface area contributed by atoms with Gasteiger partial charge in [0.1, 0.15) is 0 Å². The Labute approximate surface area is 178 Å². The number of thiocarbonyl (C=S) groups is 1. The van der Waals surface area contributed by atoms with Crippen molar-refractivity contribution in [2.24, 2.45) is 0 Å². The zero-order valence-electron chi connectivity index (χ0n) is 14.6. The second kappa shape index (κ2) is 8.81. The maximum absolute atomic E-state index is 12.6. The Bertz CT molecular complexity index is 955. The Balaban J connectivity index is 1.66. The van der Waals surface area contributed by atoms with E-state index in [1.54, 1.807) is 24.3 Å². The van der Waals surface area contributed by atoms with E-state index in [9.17, 15) is 8.42 Å². The number of nitrogens with one attached hydrogen (secondary N) is 2. The van der Waals surface area contributed by atoms with Gasteiger partial charge in [-0.05, 0) is 48.6 Å². The summed E-state index contributed by atoms with van der Waals surface area (Å²) in [5.74, 6) is 0. The smallest absolute Gasteiger partial charge is 0.243 e. The molecule has 0 spiro atoms. The SMILES string of the molecule is Nc1c(Cl)cc(NC(=S)Nc2ccc(S(=O)(=O)N3CCOCC3)cc2)cc1Cl. The van der Waals surface area contributed by atoms with E-state index >= 15 is 0 Å². The Hall–Kier alpha value is -1.62. The number of nitrogens with zero attached hydrogens (tertiary/aromatic N) is 1. The number of halogens is 2. The van der Waals surface area contributed by atoms with Gasteiger partial charge in [0.25, 0.3) is 0 Å². The van der Waals surface area contributed by atoms with Gasteiger partial charge < -0.3 is 21.1 Å². The number of morpholine rings is 1. The molecule has 1 saturated heterocycles. The number of anilines is 3. The van der Waals surface area contributed by atoms with Gasteiger partial charge in [0.15, 0.2) is 5.11 Å². The average Bonchev–Trinajstić information content (AvgIpc) is 2.67. The molecule has 0 saturated carbocycles. The van der Waals surface area contributed by atoms with E-state index in [4.69, 9.17) is 45.9 Å². The molecule has 0 amide bonds. The molecular formula is C17H18Cl2N4O3S2. The van der Waals surface area contributed by atoms with Gasteiger partial charge in [0, 0.05) is 24.5 Å². The molecule has 0 aliphatic carbocycles. The van der Waals surface area contributed by atoms with E-state index in [2.05, 4.69) is 10.6 Å². The molecule has 3 rings (SSSR count). The number of nitrogen functional groups attached to an aromatic ring is 1. The van der Waals surface area contributed by atoms with Gasteiger partial charge in [-0.1, -0.05) is 23.2 Å². The van der Waals surface area contributed by atoms with Crippen molar-refractivity contribution in [3.63, 3.8) is 0 Å². The molecule has 11 heteroatoms. The fourth-order valence-electron chi connectivity index (χ4n) is 2.60. The quantitative estimate of drug-likeness (QED) is 0.474. The van der Waals surface area contributed by atoms with Crippen molar-refractivity contribution in [3.05, 3.63) is 46.4 Å². The number of hydrogen-bond acceptors (Lipinski definition) is 5. The molecule has 7 nitrogen and oxygen atoms in total. The Morgan fingerprint density at radius 3 is 2.14 bits per heavy atom. The molecule has 0 aromatic heterocycles. The van der Waals surface area contributed by atoms with E-state index in [0.717, 1.165) is 0 Å². The van der Waals surface area contributed by atoms with Crippen molar-refractivity contribution in [1.29, 1.82) is 0 Å². The molecule has 1 aliphatic rings. The minimum Gasteiger partial charge on any atom is -0.396 e. The van der Waals surface area contributed by atoms with Crippen LogP contribution < -0.4 is 16.4 Å². The maximum Gasteiger partial charge on any atom is 0.243 e. The average molecular weight is 461 g/mol. The number of sulfonamides is 1. The fourth-order valence-corrected chi connectivity index (χ4v) is 4.73. The summed E-state index contributed by atoms with van der Waals surface area (Å²) in [4.78, 5) is 0.218. The summed E-state index contributed by atoms with van der Waals surface area (Å²) in [7, 11) is -3.53. The first-order chi connectivity index (χ1) is 13.3. The minimum atomic E-state index is -3.53. The zero-order valence-corrected chi connectivity index (χ0v) is 17.8. The van der Waals surface area contributed by atoms with Crippen LogP contribution >= 0.6 is 35.4 Å². The Kier molecular flexibility index (Phi) is 6.64. The fraction of sp³-hybridized carbons (Fsp3) is 0.235. The van der Waals surface area contributed by atoms with Crippen LogP contribution in [0.4, 0.5) is 17.1 Å². The van der Waals surface area contributed by atoms with Gasteiger partial charge in [-0.2, -0.15) is 4.31 Å². The lowest BCUT2D eigenvalue weighted by Gasteiger charge is -2.26. The van der Waals surface area contributed by atoms with Gasteiger partial charge in [0.05, 0.1) is 33.8 Å². The lowest BCUT2D eigenvalue weighted by Crippen LogP contribution is -2.40. The van der Waals surface area contributed by atoms with Crippen molar-refractivity contribution < 1.29 is 13.2 Å². The zero-order chi connectivity index (χ0) is 20.3. The third-order valence-electron chi connectivity index (χ3n) is 4.06. The number of ether oxygens (including phenoxy) is 1. The van der Waals surface area contributed by atoms with Crippen molar-refractivity contribution in [2.45, 2.75) is 4.90 Å².